The maximum absolute atomic E-state index is 12.4. The third-order valence-electron chi connectivity index (χ3n) is 3.97. The summed E-state index contributed by atoms with van der Waals surface area (Å²) < 4.78 is 6.86. The maximum Gasteiger partial charge on any atom is 0.251 e. The van der Waals surface area contributed by atoms with Crippen LogP contribution in [0.2, 0.25) is 0 Å². The number of hydrogen-bond donors (Lipinski definition) is 2. The molecule has 0 radical (unpaired) electrons. The van der Waals surface area contributed by atoms with Gasteiger partial charge in [-0.15, -0.1) is 21.5 Å². The first-order valence-electron chi connectivity index (χ1n) is 8.64. The van der Waals surface area contributed by atoms with Crippen molar-refractivity contribution in [1.82, 2.24) is 25.1 Å². The van der Waals surface area contributed by atoms with Gasteiger partial charge in [0.05, 0.1) is 18.9 Å². The van der Waals surface area contributed by atoms with Crippen molar-refractivity contribution < 1.29 is 14.3 Å². The summed E-state index contributed by atoms with van der Waals surface area (Å²) >= 11 is 2.62. The van der Waals surface area contributed by atoms with Crippen LogP contribution in [0.4, 0.5) is 5.13 Å². The van der Waals surface area contributed by atoms with Gasteiger partial charge in [-0.05, 0) is 31.2 Å². The Balaban J connectivity index is 1.57. The number of methoxy groups -OCH3 is 1. The summed E-state index contributed by atoms with van der Waals surface area (Å²) in [6, 6.07) is 6.49. The summed E-state index contributed by atoms with van der Waals surface area (Å²) in [5.74, 6) is 1.06. The van der Waals surface area contributed by atoms with Crippen LogP contribution in [-0.4, -0.2) is 44.4 Å². The van der Waals surface area contributed by atoms with Crippen molar-refractivity contribution in [3.05, 3.63) is 47.2 Å². The second-order valence-corrected chi connectivity index (χ2v) is 7.83. The van der Waals surface area contributed by atoms with Crippen LogP contribution in [0.3, 0.4) is 0 Å². The zero-order chi connectivity index (χ0) is 20.8. The van der Waals surface area contributed by atoms with Crippen LogP contribution in [-0.2, 0) is 11.8 Å². The molecule has 1 atom stereocenters. The Bertz CT molecular complexity index is 972. The van der Waals surface area contributed by atoms with Gasteiger partial charge in [-0.3, -0.25) is 9.59 Å². The molecular weight excluding hydrogens is 412 g/mol. The molecule has 0 aliphatic heterocycles. The van der Waals surface area contributed by atoms with E-state index in [1.165, 1.54) is 23.1 Å². The van der Waals surface area contributed by atoms with Crippen molar-refractivity contribution >= 4 is 40.0 Å². The number of nitrogens with zero attached hydrogens (tertiary/aromatic N) is 4. The van der Waals surface area contributed by atoms with Crippen LogP contribution in [0.1, 0.15) is 29.1 Å². The molecule has 0 unspecified atom stereocenters. The van der Waals surface area contributed by atoms with E-state index in [1.54, 1.807) is 54.6 Å². The molecule has 0 aliphatic carbocycles. The maximum atomic E-state index is 12.4. The number of hydrogen-bond acceptors (Lipinski definition) is 8. The highest BCUT2D eigenvalue weighted by atomic mass is 32.2. The van der Waals surface area contributed by atoms with Gasteiger partial charge in [-0.1, -0.05) is 11.8 Å². The average molecular weight is 433 g/mol. The number of amides is 2. The zero-order valence-electron chi connectivity index (χ0n) is 16.1. The molecule has 152 valence electrons. The molecule has 2 heterocycles. The summed E-state index contributed by atoms with van der Waals surface area (Å²) in [4.78, 5) is 28.5. The van der Waals surface area contributed by atoms with Crippen molar-refractivity contribution in [2.24, 2.45) is 7.05 Å². The number of nitrogens with one attached hydrogen (secondary N) is 2. The molecular formula is C18H20N6O3S2. The molecule has 3 aromatic rings. The lowest BCUT2D eigenvalue weighted by Crippen LogP contribution is -2.28. The Kier molecular flexibility index (Phi) is 6.83. The highest BCUT2D eigenvalue weighted by Gasteiger charge is 2.19. The molecule has 0 bridgehead atoms. The van der Waals surface area contributed by atoms with E-state index in [4.69, 9.17) is 4.74 Å². The Morgan fingerprint density at radius 2 is 2.03 bits per heavy atom. The second kappa shape index (κ2) is 9.52. The third kappa shape index (κ3) is 5.33. The van der Waals surface area contributed by atoms with Crippen LogP contribution in [0, 0.1) is 0 Å². The monoisotopic (exact) mass is 432 g/mol. The molecule has 0 saturated carbocycles. The van der Waals surface area contributed by atoms with Gasteiger partial charge in [0.2, 0.25) is 5.91 Å². The summed E-state index contributed by atoms with van der Waals surface area (Å²) in [6.07, 6.45) is 1.63. The van der Waals surface area contributed by atoms with Crippen LogP contribution >= 0.6 is 23.1 Å². The van der Waals surface area contributed by atoms with Crippen molar-refractivity contribution in [3.8, 4) is 5.75 Å². The van der Waals surface area contributed by atoms with E-state index < -0.39 is 0 Å². The summed E-state index contributed by atoms with van der Waals surface area (Å²) in [5, 5.41) is 16.8. The Hall–Kier alpha value is -2.92. The first kappa shape index (κ1) is 20.8. The normalized spacial score (nSPS) is 11.7. The van der Waals surface area contributed by atoms with Gasteiger partial charge < -0.3 is 19.9 Å². The quantitative estimate of drug-likeness (QED) is 0.526. The molecule has 29 heavy (non-hydrogen) atoms. The van der Waals surface area contributed by atoms with Crippen molar-refractivity contribution in [2.75, 3.05) is 18.2 Å². The van der Waals surface area contributed by atoms with E-state index >= 15 is 0 Å². The summed E-state index contributed by atoms with van der Waals surface area (Å²) in [6.45, 7) is 1.83. The third-order valence-corrected chi connectivity index (χ3v) is 5.68. The number of benzene rings is 1. The SMILES string of the molecule is COc1ccc(C(=O)N[C@@H](C)c2nnc(SCC(=O)Nc3nccs3)n2C)cc1. The number of thioether (sulfide) groups is 1. The minimum atomic E-state index is -0.361. The number of ether oxygens (including phenoxy) is 1. The predicted octanol–water partition coefficient (Wildman–Crippen LogP) is 2.50. The average Bonchev–Trinajstić information content (AvgIpc) is 3.36. The number of aromatic nitrogens is 4. The topological polar surface area (TPSA) is 111 Å². The lowest BCUT2D eigenvalue weighted by atomic mass is 10.2. The number of carbonyl (C=O) groups excluding carboxylic acids is 2. The molecule has 0 fully saturated rings. The van der Waals surface area contributed by atoms with Gasteiger partial charge in [-0.2, -0.15) is 0 Å². The standard InChI is InChI=1S/C18H20N6O3S2/c1-11(20-16(26)12-4-6-13(27-3)7-5-12)15-22-23-18(24(15)2)29-10-14(25)21-17-19-8-9-28-17/h4-9,11H,10H2,1-3H3,(H,20,26)(H,19,21,25)/t11-/m0/s1. The smallest absolute Gasteiger partial charge is 0.251 e. The van der Waals surface area contributed by atoms with Crippen LogP contribution < -0.4 is 15.4 Å². The summed E-state index contributed by atoms with van der Waals surface area (Å²) in [7, 11) is 3.37. The highest BCUT2D eigenvalue weighted by Crippen LogP contribution is 2.20. The van der Waals surface area contributed by atoms with E-state index in [1.807, 2.05) is 6.92 Å². The van der Waals surface area contributed by atoms with Crippen molar-refractivity contribution in [1.29, 1.82) is 0 Å². The molecule has 3 rings (SSSR count). The van der Waals surface area contributed by atoms with Crippen molar-refractivity contribution in [3.63, 3.8) is 0 Å². The van der Waals surface area contributed by atoms with Crippen LogP contribution in [0.15, 0.2) is 41.0 Å². The van der Waals surface area contributed by atoms with E-state index in [-0.39, 0.29) is 23.6 Å². The van der Waals surface area contributed by atoms with Crippen LogP contribution in [0.25, 0.3) is 0 Å². The van der Waals surface area contributed by atoms with Gasteiger partial charge >= 0.3 is 0 Å². The van der Waals surface area contributed by atoms with E-state index in [9.17, 15) is 9.59 Å². The van der Waals surface area contributed by atoms with Gasteiger partial charge in [0, 0.05) is 24.2 Å². The molecule has 2 N–H and O–H groups in total. The fourth-order valence-electron chi connectivity index (χ4n) is 2.49. The lowest BCUT2D eigenvalue weighted by molar-refractivity contribution is -0.113. The predicted molar refractivity (Wildman–Crippen MR) is 111 cm³/mol. The fourth-order valence-corrected chi connectivity index (χ4v) is 3.75. The number of carbonyl (C=O) groups is 2. The number of anilines is 1. The Labute approximate surface area is 175 Å². The van der Waals surface area contributed by atoms with Crippen LogP contribution in [0.5, 0.6) is 5.75 Å². The van der Waals surface area contributed by atoms with Gasteiger partial charge in [0.25, 0.3) is 5.91 Å². The lowest BCUT2D eigenvalue weighted by Gasteiger charge is -2.14. The van der Waals surface area contributed by atoms with E-state index in [2.05, 4.69) is 25.8 Å². The number of rotatable bonds is 8. The molecule has 9 nitrogen and oxygen atoms in total. The Morgan fingerprint density at radius 3 is 2.69 bits per heavy atom. The van der Waals surface area contributed by atoms with E-state index in [0.717, 1.165) is 0 Å². The first-order valence-corrected chi connectivity index (χ1v) is 10.5. The molecule has 0 saturated heterocycles. The van der Waals surface area contributed by atoms with E-state index in [0.29, 0.717) is 27.4 Å². The molecule has 11 heteroatoms. The molecule has 0 spiro atoms. The largest absolute Gasteiger partial charge is 0.497 e. The molecule has 1 aromatic carbocycles. The fraction of sp³-hybridized carbons (Fsp3) is 0.278. The number of thiazole rings is 1. The highest BCUT2D eigenvalue weighted by molar-refractivity contribution is 7.99. The van der Waals surface area contributed by atoms with Gasteiger partial charge in [-0.25, -0.2) is 4.98 Å². The van der Waals surface area contributed by atoms with Gasteiger partial charge in [0.1, 0.15) is 5.75 Å². The zero-order valence-corrected chi connectivity index (χ0v) is 17.7. The molecule has 0 aliphatic rings. The molecule has 2 amide bonds. The molecule has 2 aromatic heterocycles. The first-order chi connectivity index (χ1) is 14.0. The minimum absolute atomic E-state index is 0.171. The summed E-state index contributed by atoms with van der Waals surface area (Å²) in [5.41, 5.74) is 0.522. The van der Waals surface area contributed by atoms with Crippen molar-refractivity contribution in [2.45, 2.75) is 18.1 Å². The second-order valence-electron chi connectivity index (χ2n) is 6.00. The minimum Gasteiger partial charge on any atom is -0.497 e. The Morgan fingerprint density at radius 1 is 1.28 bits per heavy atom. The van der Waals surface area contributed by atoms with Gasteiger partial charge in [0.15, 0.2) is 16.1 Å².